The summed E-state index contributed by atoms with van der Waals surface area (Å²) >= 11 is 0. The maximum absolute atomic E-state index is 7.62. The zero-order valence-electron chi connectivity index (χ0n) is 34.1. The van der Waals surface area contributed by atoms with Gasteiger partial charge in [-0.1, -0.05) is 146 Å². The number of nitrogens with one attached hydrogen (secondary N) is 1. The average molecular weight is 795 g/mol. The van der Waals surface area contributed by atoms with Crippen molar-refractivity contribution in [3.8, 4) is 50.2 Å². The first-order chi connectivity index (χ1) is 30.7. The summed E-state index contributed by atoms with van der Waals surface area (Å²) in [6, 6.07) is 73.8. The van der Waals surface area contributed by atoms with Gasteiger partial charge < -0.3 is 14.9 Å². The number of pyridine rings is 1. The molecule has 0 aliphatic heterocycles. The van der Waals surface area contributed by atoms with Crippen LogP contribution in [0, 0.1) is 5.41 Å². The summed E-state index contributed by atoms with van der Waals surface area (Å²) in [5.74, 6) is 0. The maximum Gasteiger partial charge on any atom is 0.0625 e. The van der Waals surface area contributed by atoms with E-state index < -0.39 is 0 Å². The van der Waals surface area contributed by atoms with Crippen LogP contribution < -0.4 is 4.90 Å². The first kappa shape index (κ1) is 37.9. The molecule has 8 aromatic carbocycles. The van der Waals surface area contributed by atoms with Gasteiger partial charge in [-0.25, -0.2) is 0 Å². The molecule has 0 fully saturated rings. The second kappa shape index (κ2) is 16.7. The molecular formula is C58H42N4. The summed E-state index contributed by atoms with van der Waals surface area (Å²) < 4.78 is 2.44. The second-order valence-corrected chi connectivity index (χ2v) is 15.2. The number of hydrogen-bond acceptors (Lipinski definition) is 3. The summed E-state index contributed by atoms with van der Waals surface area (Å²) in [6.45, 7) is 3.97. The standard InChI is InChI=1S/C58H42N4/c1-2-41(34-37-59)42-18-25-50(26-19-42)61(51-27-20-43(21-28-51)45-35-38-60-39-36-45)52-29-22-44(23-30-52)48-24-33-56-55(40-48)57-53(46-12-6-3-7-13-46)31-32-54(47-14-8-4-9-15-47)58(57)62(56)49-16-10-5-11-17-49/h2-40,59H,1H2/b41-34+,59-37?. The highest BCUT2D eigenvalue weighted by Crippen LogP contribution is 2.45. The van der Waals surface area contributed by atoms with E-state index in [1.807, 2.05) is 24.5 Å². The molecule has 0 unspecified atom stereocenters. The SMILES string of the molecule is C=C/C(=C\C=N)c1ccc(N(c2ccc(-c3ccncc3)cc2)c2ccc(-c3ccc4c(c3)c3c(-c5ccccc5)ccc(-c5ccccc5)c3n4-c3ccccc3)cc2)cc1. The summed E-state index contributed by atoms with van der Waals surface area (Å²) in [6.07, 6.45) is 8.50. The fourth-order valence-electron chi connectivity index (χ4n) is 8.65. The van der Waals surface area contributed by atoms with Crippen LogP contribution in [-0.4, -0.2) is 15.8 Å². The number of aromatic nitrogens is 2. The Morgan fingerprint density at radius 1 is 0.500 bits per heavy atom. The monoisotopic (exact) mass is 794 g/mol. The predicted molar refractivity (Wildman–Crippen MR) is 262 cm³/mol. The van der Waals surface area contributed by atoms with Gasteiger partial charge in [0.15, 0.2) is 0 Å². The zero-order valence-corrected chi connectivity index (χ0v) is 34.1. The molecule has 2 heterocycles. The lowest BCUT2D eigenvalue weighted by Crippen LogP contribution is -2.10. The molecule has 62 heavy (non-hydrogen) atoms. The molecule has 0 radical (unpaired) electrons. The Morgan fingerprint density at radius 2 is 1.00 bits per heavy atom. The minimum atomic E-state index is 0.903. The van der Waals surface area contributed by atoms with E-state index in [0.29, 0.717) is 0 Å². The van der Waals surface area contributed by atoms with E-state index in [9.17, 15) is 0 Å². The maximum atomic E-state index is 7.62. The van der Waals surface area contributed by atoms with Gasteiger partial charge in [0, 0.05) is 57.7 Å². The number of fused-ring (bicyclic) bond motifs is 3. The number of para-hydroxylation sites is 1. The van der Waals surface area contributed by atoms with Crippen molar-refractivity contribution in [1.29, 1.82) is 5.41 Å². The van der Waals surface area contributed by atoms with Gasteiger partial charge in [-0.3, -0.25) is 4.98 Å². The first-order valence-corrected chi connectivity index (χ1v) is 20.8. The molecule has 1 N–H and O–H groups in total. The third kappa shape index (κ3) is 7.10. The topological polar surface area (TPSA) is 44.9 Å². The molecule has 0 bridgehead atoms. The highest BCUT2D eigenvalue weighted by molar-refractivity contribution is 6.20. The smallest absolute Gasteiger partial charge is 0.0625 e. The van der Waals surface area contributed by atoms with Gasteiger partial charge in [0.05, 0.1) is 11.0 Å². The largest absolute Gasteiger partial charge is 0.311 e. The van der Waals surface area contributed by atoms with Crippen molar-refractivity contribution in [1.82, 2.24) is 9.55 Å². The molecule has 0 aliphatic carbocycles. The molecule has 294 valence electrons. The molecule has 0 aliphatic rings. The van der Waals surface area contributed by atoms with E-state index in [1.165, 1.54) is 44.8 Å². The van der Waals surface area contributed by atoms with Gasteiger partial charge in [0.1, 0.15) is 0 Å². The lowest BCUT2D eigenvalue weighted by Gasteiger charge is -2.26. The number of hydrogen-bond donors (Lipinski definition) is 1. The van der Waals surface area contributed by atoms with Crippen LogP contribution >= 0.6 is 0 Å². The van der Waals surface area contributed by atoms with Crippen LogP contribution in [-0.2, 0) is 0 Å². The zero-order chi connectivity index (χ0) is 41.8. The second-order valence-electron chi connectivity index (χ2n) is 15.2. The van der Waals surface area contributed by atoms with Crippen molar-refractivity contribution in [2.24, 2.45) is 0 Å². The molecule has 0 amide bonds. The van der Waals surface area contributed by atoms with Crippen LogP contribution in [0.4, 0.5) is 17.1 Å². The Labute approximate surface area is 362 Å². The minimum Gasteiger partial charge on any atom is -0.311 e. The van der Waals surface area contributed by atoms with E-state index >= 15 is 0 Å². The normalized spacial score (nSPS) is 11.5. The number of allylic oxidation sites excluding steroid dienone is 3. The summed E-state index contributed by atoms with van der Waals surface area (Å²) in [5.41, 5.74) is 17.8. The van der Waals surface area contributed by atoms with Crippen LogP contribution in [0.5, 0.6) is 0 Å². The van der Waals surface area contributed by atoms with Crippen LogP contribution in [0.3, 0.4) is 0 Å². The molecule has 0 saturated carbocycles. The summed E-state index contributed by atoms with van der Waals surface area (Å²) in [4.78, 5) is 6.49. The lowest BCUT2D eigenvalue weighted by molar-refractivity contribution is 1.18. The van der Waals surface area contributed by atoms with E-state index in [1.54, 1.807) is 12.2 Å². The molecule has 10 aromatic rings. The number of nitrogens with zero attached hydrogens (tertiary/aromatic N) is 3. The van der Waals surface area contributed by atoms with Crippen molar-refractivity contribution in [3.63, 3.8) is 0 Å². The van der Waals surface area contributed by atoms with Crippen molar-refractivity contribution in [2.45, 2.75) is 0 Å². The van der Waals surface area contributed by atoms with Gasteiger partial charge in [0.25, 0.3) is 0 Å². The molecule has 0 saturated heterocycles. The Morgan fingerprint density at radius 3 is 1.58 bits per heavy atom. The molecule has 4 nitrogen and oxygen atoms in total. The number of rotatable bonds is 11. The third-order valence-corrected chi connectivity index (χ3v) is 11.6. The fourth-order valence-corrected chi connectivity index (χ4v) is 8.65. The van der Waals surface area contributed by atoms with Crippen molar-refractivity contribution in [2.75, 3.05) is 4.90 Å². The van der Waals surface area contributed by atoms with E-state index in [-0.39, 0.29) is 0 Å². The van der Waals surface area contributed by atoms with Crippen LogP contribution in [0.15, 0.2) is 237 Å². The molecule has 0 spiro atoms. The average Bonchev–Trinajstić information content (AvgIpc) is 3.69. The Bertz CT molecular complexity index is 3210. The number of benzene rings is 8. The van der Waals surface area contributed by atoms with Gasteiger partial charge in [-0.2, -0.15) is 0 Å². The number of anilines is 3. The van der Waals surface area contributed by atoms with Gasteiger partial charge in [-0.15, -0.1) is 0 Å². The Hall–Kier alpha value is -8.34. The highest BCUT2D eigenvalue weighted by Gasteiger charge is 2.21. The summed E-state index contributed by atoms with van der Waals surface area (Å²) in [5, 5.41) is 10.0. The summed E-state index contributed by atoms with van der Waals surface area (Å²) in [7, 11) is 0. The predicted octanol–water partition coefficient (Wildman–Crippen LogP) is 15.5. The third-order valence-electron chi connectivity index (χ3n) is 11.6. The molecular weight excluding hydrogens is 753 g/mol. The van der Waals surface area contributed by atoms with Crippen LogP contribution in [0.1, 0.15) is 5.56 Å². The van der Waals surface area contributed by atoms with Crippen LogP contribution in [0.25, 0.3) is 77.6 Å². The highest BCUT2D eigenvalue weighted by atomic mass is 15.1. The molecule has 2 aromatic heterocycles. The Kier molecular flexibility index (Phi) is 10.2. The van der Waals surface area contributed by atoms with Gasteiger partial charge >= 0.3 is 0 Å². The minimum absolute atomic E-state index is 0.903. The van der Waals surface area contributed by atoms with Crippen molar-refractivity contribution in [3.05, 3.63) is 243 Å². The van der Waals surface area contributed by atoms with E-state index in [0.717, 1.165) is 61.7 Å². The lowest BCUT2D eigenvalue weighted by atomic mass is 9.93. The fraction of sp³-hybridized carbons (Fsp3) is 0. The molecule has 10 rings (SSSR count). The Balaban J connectivity index is 1.12. The van der Waals surface area contributed by atoms with Gasteiger partial charge in [0.2, 0.25) is 0 Å². The van der Waals surface area contributed by atoms with Crippen molar-refractivity contribution < 1.29 is 0 Å². The quantitative estimate of drug-likeness (QED) is 0.105. The van der Waals surface area contributed by atoms with Gasteiger partial charge in [-0.05, 0) is 129 Å². The van der Waals surface area contributed by atoms with Crippen LogP contribution in [0.2, 0.25) is 0 Å². The molecule has 0 atom stereocenters. The van der Waals surface area contributed by atoms with E-state index in [2.05, 4.69) is 215 Å². The molecule has 4 heteroatoms. The van der Waals surface area contributed by atoms with Crippen molar-refractivity contribution >= 4 is 50.7 Å². The first-order valence-electron chi connectivity index (χ1n) is 20.8. The van der Waals surface area contributed by atoms with E-state index in [4.69, 9.17) is 5.41 Å².